The van der Waals surface area contributed by atoms with Crippen molar-refractivity contribution in [3.05, 3.63) is 46.0 Å². The third-order valence-corrected chi connectivity index (χ3v) is 3.33. The molecule has 1 aliphatic carbocycles. The molecule has 0 radical (unpaired) electrons. The highest BCUT2D eigenvalue weighted by atomic mass is 16.6. The summed E-state index contributed by atoms with van der Waals surface area (Å²) in [5.41, 5.74) is 0.798. The predicted octanol–water partition coefficient (Wildman–Crippen LogP) is 2.52. The van der Waals surface area contributed by atoms with E-state index in [-0.39, 0.29) is 18.1 Å². The Balaban J connectivity index is 1.81. The number of carbonyl (C=O) groups is 2. The zero-order valence-electron chi connectivity index (χ0n) is 11.4. The van der Waals surface area contributed by atoms with E-state index in [1.54, 1.807) is 24.3 Å². The summed E-state index contributed by atoms with van der Waals surface area (Å²) in [6, 6.07) is 6.03. The topological polar surface area (TPSA) is 86.5 Å². The minimum atomic E-state index is -0.599. The van der Waals surface area contributed by atoms with Crippen LogP contribution >= 0.6 is 0 Å². The molecule has 21 heavy (non-hydrogen) atoms. The van der Waals surface area contributed by atoms with Gasteiger partial charge in [0.2, 0.25) is 0 Å². The molecule has 6 heteroatoms. The summed E-state index contributed by atoms with van der Waals surface area (Å²) < 4.78 is 5.03. The zero-order chi connectivity index (χ0) is 15.2. The van der Waals surface area contributed by atoms with E-state index in [1.807, 2.05) is 0 Å². The van der Waals surface area contributed by atoms with Crippen LogP contribution in [0.1, 0.15) is 24.8 Å². The van der Waals surface area contributed by atoms with Gasteiger partial charge in [0.05, 0.1) is 4.92 Å². The molecule has 1 atom stereocenters. The average Bonchev–Trinajstić information content (AvgIpc) is 2.90. The second-order valence-corrected chi connectivity index (χ2v) is 4.79. The first-order chi connectivity index (χ1) is 10.1. The molecular weight excluding hydrogens is 274 g/mol. The normalized spacial score (nSPS) is 18.1. The Morgan fingerprint density at radius 3 is 2.67 bits per heavy atom. The molecule has 6 nitrogen and oxygen atoms in total. The smallest absolute Gasteiger partial charge is 0.316 e. The van der Waals surface area contributed by atoms with E-state index in [2.05, 4.69) is 0 Å². The number of nitro benzene ring substituents is 1. The summed E-state index contributed by atoms with van der Waals surface area (Å²) in [7, 11) is 0. The van der Waals surface area contributed by atoms with Crippen molar-refractivity contribution in [2.45, 2.75) is 19.3 Å². The number of ether oxygens (including phenoxy) is 1. The number of nitrogens with zero attached hydrogens (tertiary/aromatic N) is 1. The fourth-order valence-corrected chi connectivity index (χ4v) is 2.19. The summed E-state index contributed by atoms with van der Waals surface area (Å²) in [4.78, 5) is 33.1. The predicted molar refractivity (Wildman–Crippen MR) is 75.4 cm³/mol. The first-order valence-electron chi connectivity index (χ1n) is 6.68. The third kappa shape index (κ3) is 3.98. The molecule has 1 aromatic carbocycles. The van der Waals surface area contributed by atoms with Gasteiger partial charge in [0, 0.05) is 18.6 Å². The van der Waals surface area contributed by atoms with Crippen molar-refractivity contribution >= 4 is 23.5 Å². The number of esters is 1. The van der Waals surface area contributed by atoms with Gasteiger partial charge in [0.1, 0.15) is 18.3 Å². The van der Waals surface area contributed by atoms with E-state index in [1.165, 1.54) is 12.1 Å². The molecule has 0 bridgehead atoms. The molecule has 1 fully saturated rings. The number of non-ortho nitro benzene ring substituents is 1. The number of nitro groups is 1. The van der Waals surface area contributed by atoms with Crippen LogP contribution in [0.15, 0.2) is 30.3 Å². The van der Waals surface area contributed by atoms with Gasteiger partial charge in [-0.15, -0.1) is 0 Å². The van der Waals surface area contributed by atoms with Gasteiger partial charge >= 0.3 is 5.97 Å². The molecule has 0 N–H and O–H groups in total. The van der Waals surface area contributed by atoms with Gasteiger partial charge in [-0.05, 0) is 36.6 Å². The molecule has 110 valence electrons. The van der Waals surface area contributed by atoms with Crippen LogP contribution in [-0.4, -0.2) is 23.3 Å². The van der Waals surface area contributed by atoms with Gasteiger partial charge in [-0.2, -0.15) is 0 Å². The average molecular weight is 289 g/mol. The molecule has 2 rings (SSSR count). The molecule has 0 aromatic heterocycles. The van der Waals surface area contributed by atoms with E-state index in [0.717, 1.165) is 12.0 Å². The summed E-state index contributed by atoms with van der Waals surface area (Å²) >= 11 is 0. The van der Waals surface area contributed by atoms with Crippen molar-refractivity contribution in [2.24, 2.45) is 5.92 Å². The molecule has 0 spiro atoms. The van der Waals surface area contributed by atoms with Crippen molar-refractivity contribution in [1.82, 2.24) is 0 Å². The Hall–Kier alpha value is -2.50. The first kappa shape index (κ1) is 14.9. The fourth-order valence-electron chi connectivity index (χ4n) is 2.19. The number of benzene rings is 1. The summed E-state index contributed by atoms with van der Waals surface area (Å²) in [6.07, 6.45) is 5.12. The highest BCUT2D eigenvalue weighted by Crippen LogP contribution is 2.22. The maximum atomic E-state index is 11.6. The summed E-state index contributed by atoms with van der Waals surface area (Å²) in [5, 5.41) is 10.5. The number of rotatable bonds is 5. The molecule has 0 saturated heterocycles. The Labute approximate surface area is 121 Å². The summed E-state index contributed by atoms with van der Waals surface area (Å²) in [6.45, 7) is 0.0829. The SMILES string of the molecule is O=C1CCCC1C(=O)OC/C=C/c1ccc([N+](=O)[O-])cc1. The van der Waals surface area contributed by atoms with Gasteiger partial charge in [0.15, 0.2) is 0 Å². The van der Waals surface area contributed by atoms with E-state index in [4.69, 9.17) is 4.74 Å². The van der Waals surface area contributed by atoms with Gasteiger partial charge in [-0.3, -0.25) is 19.7 Å². The Bertz CT molecular complexity index is 576. The van der Waals surface area contributed by atoms with Crippen LogP contribution in [0.4, 0.5) is 5.69 Å². The summed E-state index contributed by atoms with van der Waals surface area (Å²) in [5.74, 6) is -1.11. The lowest BCUT2D eigenvalue weighted by Crippen LogP contribution is -2.21. The maximum absolute atomic E-state index is 11.6. The number of hydrogen-bond donors (Lipinski definition) is 0. The van der Waals surface area contributed by atoms with E-state index < -0.39 is 16.8 Å². The van der Waals surface area contributed by atoms with Crippen molar-refractivity contribution < 1.29 is 19.2 Å². The second-order valence-electron chi connectivity index (χ2n) is 4.79. The van der Waals surface area contributed by atoms with Crippen LogP contribution < -0.4 is 0 Å². The van der Waals surface area contributed by atoms with Crippen LogP contribution in [0.25, 0.3) is 6.08 Å². The van der Waals surface area contributed by atoms with E-state index in [9.17, 15) is 19.7 Å². The first-order valence-corrected chi connectivity index (χ1v) is 6.68. The lowest BCUT2D eigenvalue weighted by Gasteiger charge is -2.06. The molecule has 1 unspecified atom stereocenters. The second kappa shape index (κ2) is 6.78. The quantitative estimate of drug-likeness (QED) is 0.360. The molecular formula is C15H15NO5. The molecule has 0 amide bonds. The third-order valence-electron chi connectivity index (χ3n) is 3.33. The number of ketones is 1. The highest BCUT2D eigenvalue weighted by molar-refractivity contribution is 6.00. The van der Waals surface area contributed by atoms with Gasteiger partial charge in [-0.25, -0.2) is 0 Å². The van der Waals surface area contributed by atoms with Gasteiger partial charge in [-0.1, -0.05) is 6.08 Å². The van der Waals surface area contributed by atoms with Crippen LogP contribution in [0, 0.1) is 16.0 Å². The minimum absolute atomic E-state index is 0.0262. The fraction of sp³-hybridized carbons (Fsp3) is 0.333. The molecule has 0 aliphatic heterocycles. The van der Waals surface area contributed by atoms with Crippen molar-refractivity contribution in [3.8, 4) is 0 Å². The van der Waals surface area contributed by atoms with Crippen molar-refractivity contribution in [2.75, 3.05) is 6.61 Å². The minimum Gasteiger partial charge on any atom is -0.461 e. The molecule has 0 heterocycles. The van der Waals surface area contributed by atoms with Crippen LogP contribution in [0.2, 0.25) is 0 Å². The highest BCUT2D eigenvalue weighted by Gasteiger charge is 2.31. The lowest BCUT2D eigenvalue weighted by atomic mass is 10.1. The Kier molecular flexibility index (Phi) is 4.81. The monoisotopic (exact) mass is 289 g/mol. The largest absolute Gasteiger partial charge is 0.461 e. The molecule has 1 saturated carbocycles. The van der Waals surface area contributed by atoms with Crippen molar-refractivity contribution in [1.29, 1.82) is 0 Å². The van der Waals surface area contributed by atoms with Crippen LogP contribution in [-0.2, 0) is 14.3 Å². The maximum Gasteiger partial charge on any atom is 0.316 e. The van der Waals surface area contributed by atoms with Crippen LogP contribution in [0.5, 0.6) is 0 Å². The Morgan fingerprint density at radius 1 is 1.38 bits per heavy atom. The standard InChI is InChI=1S/C15H15NO5/c17-14-5-1-4-13(14)15(18)21-10-2-3-11-6-8-12(9-7-11)16(19)20/h2-3,6-9,13H,1,4-5,10H2/b3-2+. The lowest BCUT2D eigenvalue weighted by molar-refractivity contribution is -0.384. The van der Waals surface area contributed by atoms with Crippen molar-refractivity contribution in [3.63, 3.8) is 0 Å². The number of Topliss-reactive ketones (excluding diaryl/α,β-unsaturated/α-hetero) is 1. The Morgan fingerprint density at radius 2 is 2.10 bits per heavy atom. The zero-order valence-corrected chi connectivity index (χ0v) is 11.4. The number of carbonyl (C=O) groups excluding carboxylic acids is 2. The van der Waals surface area contributed by atoms with Gasteiger partial charge in [0.25, 0.3) is 5.69 Å². The van der Waals surface area contributed by atoms with E-state index in [0.29, 0.717) is 12.8 Å². The van der Waals surface area contributed by atoms with Gasteiger partial charge < -0.3 is 4.74 Å². The molecule has 1 aliphatic rings. The number of hydrogen-bond acceptors (Lipinski definition) is 5. The van der Waals surface area contributed by atoms with Crippen LogP contribution in [0.3, 0.4) is 0 Å². The van der Waals surface area contributed by atoms with E-state index >= 15 is 0 Å². The molecule has 1 aromatic rings.